The zero-order chi connectivity index (χ0) is 11.6. The summed E-state index contributed by atoms with van der Waals surface area (Å²) in [5, 5.41) is 0.116. The van der Waals surface area contributed by atoms with Crippen molar-refractivity contribution in [1.82, 2.24) is 0 Å². The van der Waals surface area contributed by atoms with Gasteiger partial charge in [-0.1, -0.05) is 11.6 Å². The molecule has 0 aromatic heterocycles. The number of halogens is 3. The zero-order valence-electron chi connectivity index (χ0n) is 7.76. The van der Waals surface area contributed by atoms with Gasteiger partial charge in [0, 0.05) is 16.7 Å². The molecule has 0 heterocycles. The summed E-state index contributed by atoms with van der Waals surface area (Å²) in [6.45, 7) is -1.75. The molecule has 0 saturated heterocycles. The van der Waals surface area contributed by atoms with Crippen LogP contribution in [0, 0.1) is 0 Å². The first-order chi connectivity index (χ1) is 6.91. The van der Waals surface area contributed by atoms with Gasteiger partial charge in [0.05, 0.1) is 5.69 Å². The highest BCUT2D eigenvalue weighted by molar-refractivity contribution is 6.31. The van der Waals surface area contributed by atoms with Crippen molar-refractivity contribution < 1.29 is 18.3 Å². The molecule has 0 atom stereocenters. The number of carbonyl (C=O) groups excluding carboxylic acids is 1. The molecule has 1 rings (SSSR count). The van der Waals surface area contributed by atoms with Gasteiger partial charge in [-0.15, -0.1) is 0 Å². The number of rotatable bonds is 3. The number of ether oxygens (including phenoxy) is 1. The number of nitrogens with two attached hydrogens (primary N) is 1. The smallest absolute Gasteiger partial charge is 0.387 e. The summed E-state index contributed by atoms with van der Waals surface area (Å²) in [7, 11) is 0. The van der Waals surface area contributed by atoms with Crippen molar-refractivity contribution >= 4 is 23.1 Å². The zero-order valence-corrected chi connectivity index (χ0v) is 8.52. The Balaban J connectivity index is 3.22. The van der Waals surface area contributed by atoms with Gasteiger partial charge in [-0.25, -0.2) is 0 Å². The van der Waals surface area contributed by atoms with E-state index in [0.29, 0.717) is 0 Å². The molecular weight excluding hydrogens is 228 g/mol. The molecule has 0 saturated carbocycles. The molecule has 0 aliphatic heterocycles. The minimum absolute atomic E-state index is 0.0677. The van der Waals surface area contributed by atoms with Gasteiger partial charge < -0.3 is 10.5 Å². The van der Waals surface area contributed by atoms with E-state index in [-0.39, 0.29) is 27.8 Å². The highest BCUT2D eigenvalue weighted by Crippen LogP contribution is 2.31. The Kier molecular flexibility index (Phi) is 3.47. The van der Waals surface area contributed by atoms with Crippen molar-refractivity contribution in [3.8, 4) is 5.75 Å². The summed E-state index contributed by atoms with van der Waals surface area (Å²) in [6, 6.07) is 2.44. The molecule has 1 aromatic carbocycles. The lowest BCUT2D eigenvalue weighted by atomic mass is 10.1. The van der Waals surface area contributed by atoms with Crippen LogP contribution < -0.4 is 10.5 Å². The van der Waals surface area contributed by atoms with Gasteiger partial charge in [-0.05, 0) is 13.0 Å². The van der Waals surface area contributed by atoms with Crippen molar-refractivity contribution in [2.45, 2.75) is 13.5 Å². The summed E-state index contributed by atoms with van der Waals surface area (Å²) in [5.74, 6) is -0.656. The molecule has 6 heteroatoms. The normalized spacial score (nSPS) is 10.5. The van der Waals surface area contributed by atoms with E-state index in [2.05, 4.69) is 4.74 Å². The van der Waals surface area contributed by atoms with Gasteiger partial charge in [-0.2, -0.15) is 8.78 Å². The fraction of sp³-hybridized carbons (Fsp3) is 0.222. The molecule has 0 unspecified atom stereocenters. The molecular formula is C9H8ClF2NO2. The predicted molar refractivity (Wildman–Crippen MR) is 52.5 cm³/mol. The van der Waals surface area contributed by atoms with E-state index in [1.807, 2.05) is 0 Å². The lowest BCUT2D eigenvalue weighted by Gasteiger charge is -2.10. The largest absolute Gasteiger partial charge is 0.433 e. The minimum atomic E-state index is -3.01. The van der Waals surface area contributed by atoms with Crippen LogP contribution >= 0.6 is 11.6 Å². The lowest BCUT2D eigenvalue weighted by Crippen LogP contribution is -2.07. The molecule has 0 radical (unpaired) electrons. The van der Waals surface area contributed by atoms with Gasteiger partial charge in [0.15, 0.2) is 11.5 Å². The van der Waals surface area contributed by atoms with Crippen LogP contribution in [0.5, 0.6) is 5.75 Å². The highest BCUT2D eigenvalue weighted by atomic mass is 35.5. The minimum Gasteiger partial charge on any atom is -0.433 e. The molecule has 0 aliphatic rings. The number of alkyl halides is 2. The lowest BCUT2D eigenvalue weighted by molar-refractivity contribution is -0.0493. The third kappa shape index (κ3) is 2.79. The molecule has 82 valence electrons. The first-order valence-electron chi connectivity index (χ1n) is 3.96. The molecule has 0 bridgehead atoms. The Morgan fingerprint density at radius 3 is 2.60 bits per heavy atom. The topological polar surface area (TPSA) is 52.3 Å². The molecule has 0 fully saturated rings. The maximum Gasteiger partial charge on any atom is 0.387 e. The molecule has 1 aromatic rings. The van der Waals surface area contributed by atoms with Crippen molar-refractivity contribution in [2.24, 2.45) is 0 Å². The molecule has 0 spiro atoms. The van der Waals surface area contributed by atoms with E-state index in [9.17, 15) is 13.6 Å². The SMILES string of the molecule is CC(=O)c1cc(Cl)cc(OC(F)F)c1N. The van der Waals surface area contributed by atoms with Crippen LogP contribution in [0.15, 0.2) is 12.1 Å². The predicted octanol–water partition coefficient (Wildman–Crippen LogP) is 2.73. The Labute approximate surface area is 89.8 Å². The Bertz CT molecular complexity index is 396. The molecule has 0 amide bonds. The molecule has 3 nitrogen and oxygen atoms in total. The molecule has 2 N–H and O–H groups in total. The van der Waals surface area contributed by atoms with E-state index < -0.39 is 6.61 Å². The monoisotopic (exact) mass is 235 g/mol. The van der Waals surface area contributed by atoms with Crippen LogP contribution in [0.2, 0.25) is 5.02 Å². The van der Waals surface area contributed by atoms with Crippen molar-refractivity contribution in [3.05, 3.63) is 22.7 Å². The van der Waals surface area contributed by atoms with E-state index in [4.69, 9.17) is 17.3 Å². The summed E-state index contributed by atoms with van der Waals surface area (Å²) >= 11 is 5.62. The average molecular weight is 236 g/mol. The van der Waals surface area contributed by atoms with Crippen LogP contribution in [-0.2, 0) is 0 Å². The van der Waals surface area contributed by atoms with Gasteiger partial charge in [-0.3, -0.25) is 4.79 Å². The Morgan fingerprint density at radius 2 is 2.13 bits per heavy atom. The summed E-state index contributed by atoms with van der Waals surface area (Å²) in [6.07, 6.45) is 0. The Morgan fingerprint density at radius 1 is 1.53 bits per heavy atom. The van der Waals surface area contributed by atoms with E-state index >= 15 is 0 Å². The van der Waals surface area contributed by atoms with Crippen molar-refractivity contribution in [1.29, 1.82) is 0 Å². The second-order valence-corrected chi connectivity index (χ2v) is 3.24. The van der Waals surface area contributed by atoms with Crippen LogP contribution in [0.1, 0.15) is 17.3 Å². The number of hydrogen-bond donors (Lipinski definition) is 1. The third-order valence-electron chi connectivity index (χ3n) is 1.70. The molecule has 0 aliphatic carbocycles. The first-order valence-corrected chi connectivity index (χ1v) is 4.34. The number of nitrogen functional groups attached to an aromatic ring is 1. The fourth-order valence-electron chi connectivity index (χ4n) is 1.08. The second kappa shape index (κ2) is 4.44. The fourth-order valence-corrected chi connectivity index (χ4v) is 1.29. The number of ketones is 1. The third-order valence-corrected chi connectivity index (χ3v) is 1.92. The van der Waals surface area contributed by atoms with Crippen LogP contribution in [-0.4, -0.2) is 12.4 Å². The van der Waals surface area contributed by atoms with E-state index in [1.54, 1.807) is 0 Å². The highest BCUT2D eigenvalue weighted by Gasteiger charge is 2.15. The first kappa shape index (κ1) is 11.7. The van der Waals surface area contributed by atoms with E-state index in [0.717, 1.165) is 6.07 Å². The second-order valence-electron chi connectivity index (χ2n) is 2.80. The Hall–Kier alpha value is -1.36. The maximum atomic E-state index is 12.0. The average Bonchev–Trinajstić information content (AvgIpc) is 2.09. The van der Waals surface area contributed by atoms with Gasteiger partial charge in [0.2, 0.25) is 0 Å². The number of hydrogen-bond acceptors (Lipinski definition) is 3. The van der Waals surface area contributed by atoms with Gasteiger partial charge in [0.25, 0.3) is 0 Å². The van der Waals surface area contributed by atoms with Crippen molar-refractivity contribution in [2.75, 3.05) is 5.73 Å². The van der Waals surface area contributed by atoms with Crippen LogP contribution in [0.3, 0.4) is 0 Å². The number of Topliss-reactive ketones (excluding diaryl/α,β-unsaturated/α-hetero) is 1. The van der Waals surface area contributed by atoms with Gasteiger partial charge in [0.1, 0.15) is 0 Å². The summed E-state index contributed by atoms with van der Waals surface area (Å²) in [4.78, 5) is 11.1. The van der Waals surface area contributed by atoms with Crippen molar-refractivity contribution in [3.63, 3.8) is 0 Å². The maximum absolute atomic E-state index is 12.0. The standard InChI is InChI=1S/C9H8ClF2NO2/c1-4(14)6-2-5(10)3-7(8(6)13)15-9(11)12/h2-3,9H,13H2,1H3. The quantitative estimate of drug-likeness (QED) is 0.647. The number of anilines is 1. The number of carbonyl (C=O) groups is 1. The summed E-state index contributed by atoms with van der Waals surface area (Å²) < 4.78 is 28.0. The van der Waals surface area contributed by atoms with Crippen LogP contribution in [0.25, 0.3) is 0 Å². The van der Waals surface area contributed by atoms with E-state index in [1.165, 1.54) is 13.0 Å². The number of benzene rings is 1. The molecule has 15 heavy (non-hydrogen) atoms. The van der Waals surface area contributed by atoms with Gasteiger partial charge >= 0.3 is 6.61 Å². The van der Waals surface area contributed by atoms with Crippen LogP contribution in [0.4, 0.5) is 14.5 Å². The summed E-state index contributed by atoms with van der Waals surface area (Å²) in [5.41, 5.74) is 5.40.